The second-order valence-electron chi connectivity index (χ2n) is 8.62. The number of thioether (sulfide) groups is 1. The summed E-state index contributed by atoms with van der Waals surface area (Å²) in [6.45, 7) is 6.79. The van der Waals surface area contributed by atoms with Crippen molar-refractivity contribution in [2.24, 2.45) is 5.92 Å². The normalized spacial score (nSPS) is 20.0. The number of anilines is 1. The molecular weight excluding hydrogens is 434 g/mol. The number of likely N-dealkylation sites (N-methyl/N-ethyl adjacent to an activating group) is 1. The summed E-state index contributed by atoms with van der Waals surface area (Å²) >= 11 is 7.31. The van der Waals surface area contributed by atoms with Crippen LogP contribution in [0.1, 0.15) is 31.4 Å². The number of amides is 2. The van der Waals surface area contributed by atoms with Gasteiger partial charge < -0.3 is 20.3 Å². The number of carbonyl (C=O) groups is 2. The fourth-order valence-corrected chi connectivity index (χ4v) is 4.85. The van der Waals surface area contributed by atoms with Gasteiger partial charge in [0.25, 0.3) is 0 Å². The number of hydrogen-bond donors (Lipinski definition) is 2. The van der Waals surface area contributed by atoms with Gasteiger partial charge in [-0.05, 0) is 55.5 Å². The number of fused-ring (bicyclic) bond motifs is 1. The van der Waals surface area contributed by atoms with Crippen LogP contribution in [0, 0.1) is 5.92 Å². The lowest BCUT2D eigenvalue weighted by Gasteiger charge is -2.21. The van der Waals surface area contributed by atoms with Crippen molar-refractivity contribution < 1.29 is 14.3 Å². The van der Waals surface area contributed by atoms with Crippen molar-refractivity contribution in [3.05, 3.63) is 39.8 Å². The van der Waals surface area contributed by atoms with E-state index in [0.717, 1.165) is 31.6 Å². The maximum atomic E-state index is 13.0. The first-order valence-electron chi connectivity index (χ1n) is 10.8. The van der Waals surface area contributed by atoms with Crippen molar-refractivity contribution in [3.63, 3.8) is 0 Å². The summed E-state index contributed by atoms with van der Waals surface area (Å²) in [5.41, 5.74) is 3.34. The summed E-state index contributed by atoms with van der Waals surface area (Å²) in [4.78, 5) is 28.0. The van der Waals surface area contributed by atoms with Gasteiger partial charge in [-0.1, -0.05) is 37.6 Å². The second kappa shape index (κ2) is 11.4. The maximum absolute atomic E-state index is 13.0. The lowest BCUT2D eigenvalue weighted by atomic mass is 10.0. The number of halogens is 1. The van der Waals surface area contributed by atoms with Crippen LogP contribution in [0.3, 0.4) is 0 Å². The summed E-state index contributed by atoms with van der Waals surface area (Å²) in [5.74, 6) is -0.129. The van der Waals surface area contributed by atoms with E-state index in [1.807, 2.05) is 26.0 Å². The third kappa shape index (κ3) is 7.24. The molecule has 0 fully saturated rings. The molecule has 0 radical (unpaired) electrons. The molecule has 0 bridgehead atoms. The Morgan fingerprint density at radius 2 is 1.97 bits per heavy atom. The van der Waals surface area contributed by atoms with Crippen LogP contribution >= 0.6 is 23.4 Å². The minimum absolute atomic E-state index is 0.129. The Bertz CT molecular complexity index is 830. The van der Waals surface area contributed by atoms with Crippen LogP contribution in [0.2, 0.25) is 0 Å². The molecule has 2 aliphatic rings. The van der Waals surface area contributed by atoms with Crippen molar-refractivity contribution in [2.45, 2.75) is 44.4 Å². The summed E-state index contributed by atoms with van der Waals surface area (Å²) < 4.78 is 6.31. The van der Waals surface area contributed by atoms with Crippen LogP contribution in [-0.2, 0) is 27.2 Å². The molecule has 1 aromatic rings. The van der Waals surface area contributed by atoms with Gasteiger partial charge in [-0.25, -0.2) is 0 Å². The fraction of sp³-hybridized carbons (Fsp3) is 0.565. The monoisotopic (exact) mass is 465 g/mol. The van der Waals surface area contributed by atoms with Gasteiger partial charge in [-0.3, -0.25) is 9.59 Å². The Morgan fingerprint density at radius 3 is 2.65 bits per heavy atom. The van der Waals surface area contributed by atoms with Crippen molar-refractivity contribution in [1.29, 1.82) is 0 Å². The van der Waals surface area contributed by atoms with E-state index in [1.165, 1.54) is 22.9 Å². The SMILES string of the molecule is CC(C)COCC(NC(=O)C1CC=C(Cl)S1)C(=O)Nc1ccc2c(c1)CCN(C)CC2. The van der Waals surface area contributed by atoms with Crippen molar-refractivity contribution in [1.82, 2.24) is 10.2 Å². The highest BCUT2D eigenvalue weighted by Crippen LogP contribution is 2.34. The fourth-order valence-electron chi connectivity index (χ4n) is 3.61. The zero-order valence-electron chi connectivity index (χ0n) is 18.4. The van der Waals surface area contributed by atoms with Gasteiger partial charge in [-0.2, -0.15) is 0 Å². The lowest BCUT2D eigenvalue weighted by molar-refractivity contribution is -0.127. The number of hydrogen-bond acceptors (Lipinski definition) is 5. The quantitative estimate of drug-likeness (QED) is 0.615. The van der Waals surface area contributed by atoms with E-state index in [2.05, 4.69) is 34.7 Å². The highest BCUT2D eigenvalue weighted by atomic mass is 35.5. The van der Waals surface area contributed by atoms with Crippen LogP contribution in [0.25, 0.3) is 0 Å². The Hall–Kier alpha value is -1.54. The summed E-state index contributed by atoms with van der Waals surface area (Å²) in [5, 5.41) is 5.52. The van der Waals surface area contributed by atoms with E-state index in [-0.39, 0.29) is 23.7 Å². The molecule has 2 atom stereocenters. The van der Waals surface area contributed by atoms with Gasteiger partial charge in [0.1, 0.15) is 6.04 Å². The molecule has 31 heavy (non-hydrogen) atoms. The van der Waals surface area contributed by atoms with E-state index in [0.29, 0.717) is 23.3 Å². The van der Waals surface area contributed by atoms with E-state index in [9.17, 15) is 9.59 Å². The summed E-state index contributed by atoms with van der Waals surface area (Å²) in [6.07, 6.45) is 4.36. The van der Waals surface area contributed by atoms with E-state index in [4.69, 9.17) is 16.3 Å². The van der Waals surface area contributed by atoms with E-state index >= 15 is 0 Å². The number of nitrogens with zero attached hydrogens (tertiary/aromatic N) is 1. The molecule has 0 spiro atoms. The zero-order valence-corrected chi connectivity index (χ0v) is 20.0. The molecule has 6 nitrogen and oxygen atoms in total. The molecule has 0 saturated heterocycles. The lowest BCUT2D eigenvalue weighted by Crippen LogP contribution is -2.49. The Labute approximate surface area is 194 Å². The molecule has 3 rings (SSSR count). The van der Waals surface area contributed by atoms with Gasteiger partial charge >= 0.3 is 0 Å². The zero-order chi connectivity index (χ0) is 22.4. The van der Waals surface area contributed by atoms with Crippen LogP contribution in [0.15, 0.2) is 28.6 Å². The summed E-state index contributed by atoms with van der Waals surface area (Å²) in [7, 11) is 2.13. The second-order valence-corrected chi connectivity index (χ2v) is 10.5. The highest BCUT2D eigenvalue weighted by molar-refractivity contribution is 8.06. The third-order valence-corrected chi connectivity index (χ3v) is 6.91. The minimum atomic E-state index is -0.767. The Morgan fingerprint density at radius 1 is 1.23 bits per heavy atom. The average Bonchev–Trinajstić information content (AvgIpc) is 3.08. The first-order chi connectivity index (χ1) is 14.8. The van der Waals surface area contributed by atoms with Gasteiger partial charge in [0.2, 0.25) is 11.8 Å². The smallest absolute Gasteiger partial charge is 0.249 e. The molecular formula is C23H32ClN3O3S. The van der Waals surface area contributed by atoms with E-state index < -0.39 is 6.04 Å². The van der Waals surface area contributed by atoms with Crippen LogP contribution in [0.4, 0.5) is 5.69 Å². The first-order valence-corrected chi connectivity index (χ1v) is 12.1. The molecule has 170 valence electrons. The van der Waals surface area contributed by atoms with E-state index in [1.54, 1.807) is 0 Å². The molecule has 0 aliphatic carbocycles. The van der Waals surface area contributed by atoms with Crippen molar-refractivity contribution in [3.8, 4) is 0 Å². The average molecular weight is 466 g/mol. The number of ether oxygens (including phenoxy) is 1. The van der Waals surface area contributed by atoms with Crippen LogP contribution in [0.5, 0.6) is 0 Å². The number of nitrogens with one attached hydrogen (secondary N) is 2. The molecule has 2 heterocycles. The molecule has 2 aliphatic heterocycles. The highest BCUT2D eigenvalue weighted by Gasteiger charge is 2.29. The Balaban J connectivity index is 1.65. The number of rotatable bonds is 8. The topological polar surface area (TPSA) is 70.7 Å². The van der Waals surface area contributed by atoms with Crippen LogP contribution < -0.4 is 10.6 Å². The predicted octanol–water partition coefficient (Wildman–Crippen LogP) is 3.40. The van der Waals surface area contributed by atoms with Gasteiger partial charge in [0.05, 0.1) is 16.2 Å². The van der Waals surface area contributed by atoms with Gasteiger partial charge in [0.15, 0.2) is 0 Å². The largest absolute Gasteiger partial charge is 0.378 e. The molecule has 2 amide bonds. The molecule has 0 saturated carbocycles. The minimum Gasteiger partial charge on any atom is -0.378 e. The van der Waals surface area contributed by atoms with Gasteiger partial charge in [-0.15, -0.1) is 11.8 Å². The maximum Gasteiger partial charge on any atom is 0.249 e. The van der Waals surface area contributed by atoms with Gasteiger partial charge in [0, 0.05) is 25.4 Å². The van der Waals surface area contributed by atoms with Crippen molar-refractivity contribution >= 4 is 40.9 Å². The first kappa shape index (κ1) is 24.1. The van der Waals surface area contributed by atoms with Crippen LogP contribution in [-0.4, -0.2) is 61.4 Å². The van der Waals surface area contributed by atoms with Crippen molar-refractivity contribution in [2.75, 3.05) is 38.7 Å². The predicted molar refractivity (Wildman–Crippen MR) is 127 cm³/mol. The Kier molecular flexibility index (Phi) is 8.84. The third-order valence-electron chi connectivity index (χ3n) is 5.41. The number of allylic oxidation sites excluding steroid dienone is 1. The molecule has 0 aromatic heterocycles. The number of benzene rings is 1. The molecule has 2 N–H and O–H groups in total. The number of carbonyl (C=O) groups excluding carboxylic acids is 2. The molecule has 2 unspecified atom stereocenters. The molecule has 8 heteroatoms. The summed E-state index contributed by atoms with van der Waals surface area (Å²) in [6, 6.07) is 5.31. The molecule has 1 aromatic carbocycles. The standard InChI is InChI=1S/C23H32ClN3O3S/c1-15(2)13-30-14-19(26-23(29)20-6-7-21(24)31-20)22(28)25-18-5-4-16-8-10-27(3)11-9-17(16)12-18/h4-5,7,12,15,19-20H,6,8-11,13-14H2,1-3H3,(H,25,28)(H,26,29).